The van der Waals surface area contributed by atoms with Crippen molar-refractivity contribution in [3.05, 3.63) is 70.3 Å². The minimum absolute atomic E-state index is 0.165. The van der Waals surface area contributed by atoms with Crippen molar-refractivity contribution in [2.24, 2.45) is 10.8 Å². The molecule has 0 aromatic heterocycles. The fourth-order valence-electron chi connectivity index (χ4n) is 3.69. The van der Waals surface area contributed by atoms with E-state index in [1.807, 2.05) is 32.0 Å². The molecule has 0 aliphatic carbocycles. The zero-order valence-electron chi connectivity index (χ0n) is 18.1. The first-order valence-electron chi connectivity index (χ1n) is 10.1. The van der Waals surface area contributed by atoms with Crippen LogP contribution in [0.15, 0.2) is 41.5 Å². The number of carbonyl (C=O) groups is 1. The number of aryl methyl sites for hydroxylation is 2. The topological polar surface area (TPSA) is 77.1 Å². The quantitative estimate of drug-likeness (QED) is 0.725. The molecule has 2 aromatic carbocycles. The van der Waals surface area contributed by atoms with Crippen LogP contribution in [0.1, 0.15) is 42.0 Å². The lowest BCUT2D eigenvalue weighted by atomic mass is 9.93. The molecular formula is C23H27F2N3O3. The van der Waals surface area contributed by atoms with Gasteiger partial charge in [0, 0.05) is 19.1 Å². The van der Waals surface area contributed by atoms with Crippen molar-refractivity contribution in [2.75, 3.05) is 13.7 Å². The van der Waals surface area contributed by atoms with Crippen molar-refractivity contribution in [2.45, 2.75) is 45.4 Å². The van der Waals surface area contributed by atoms with Crippen LogP contribution >= 0.6 is 0 Å². The number of rotatable bonds is 7. The molecule has 2 unspecified atom stereocenters. The van der Waals surface area contributed by atoms with E-state index in [-0.39, 0.29) is 11.5 Å². The van der Waals surface area contributed by atoms with Gasteiger partial charge in [0.05, 0.1) is 5.56 Å². The first kappa shape index (κ1) is 22.8. The van der Waals surface area contributed by atoms with Crippen molar-refractivity contribution in [1.29, 1.82) is 0 Å². The molecule has 1 amide bonds. The maximum Gasteiger partial charge on any atom is 0.275 e. The van der Waals surface area contributed by atoms with Crippen LogP contribution in [0.2, 0.25) is 0 Å². The number of hydrogen-bond acceptors (Lipinski definition) is 5. The van der Waals surface area contributed by atoms with Crippen molar-refractivity contribution in [3.63, 3.8) is 0 Å². The minimum Gasteiger partial charge on any atom is -0.443 e. The van der Waals surface area contributed by atoms with Crippen molar-refractivity contribution in [3.8, 4) is 0 Å². The van der Waals surface area contributed by atoms with E-state index in [1.165, 1.54) is 12.1 Å². The number of carbonyl (C=O) groups excluding carboxylic acids is 1. The lowest BCUT2D eigenvalue weighted by Crippen LogP contribution is -2.48. The molecule has 0 bridgehead atoms. The molecule has 1 aliphatic heterocycles. The summed E-state index contributed by atoms with van der Waals surface area (Å²) in [5, 5.41) is 5.51. The molecule has 2 N–H and O–H groups in total. The summed E-state index contributed by atoms with van der Waals surface area (Å²) in [5.74, 6) is -1.99. The van der Waals surface area contributed by atoms with Gasteiger partial charge in [0.1, 0.15) is 17.7 Å². The van der Waals surface area contributed by atoms with Gasteiger partial charge in [-0.3, -0.25) is 4.79 Å². The van der Waals surface area contributed by atoms with Crippen LogP contribution in [-0.2, 0) is 20.0 Å². The Balaban J connectivity index is 2.21. The van der Waals surface area contributed by atoms with E-state index >= 15 is 0 Å². The zero-order valence-corrected chi connectivity index (χ0v) is 18.1. The summed E-state index contributed by atoms with van der Waals surface area (Å²) < 4.78 is 39.9. The molecular weight excluding hydrogens is 404 g/mol. The molecule has 1 aliphatic rings. The number of ether oxygens (including phenoxy) is 2. The smallest absolute Gasteiger partial charge is 0.275 e. The molecule has 2 aromatic rings. The molecule has 6 nitrogen and oxygen atoms in total. The largest absolute Gasteiger partial charge is 0.443 e. The predicted octanol–water partition coefficient (Wildman–Crippen LogP) is 3.73. The standard InChI is InChI=1S/C23H27F2N3O3/c1-14-10-15(2)12-17(11-14)23(8-5-9-26)28(22(29)16(3)30-4)27-21(31-23)19-13-18(24)6-7-20(19)25/h6-7,10-13,16H,5,8-9,26H2,1-4H3. The Bertz CT molecular complexity index is 991. The summed E-state index contributed by atoms with van der Waals surface area (Å²) >= 11 is 0. The Kier molecular flexibility index (Phi) is 6.71. The summed E-state index contributed by atoms with van der Waals surface area (Å²) in [6, 6.07) is 8.78. The fourth-order valence-corrected chi connectivity index (χ4v) is 3.69. The molecule has 8 heteroatoms. The molecule has 0 saturated heterocycles. The minimum atomic E-state index is -1.37. The third kappa shape index (κ3) is 4.45. The Labute approximate surface area is 180 Å². The average molecular weight is 431 g/mol. The van der Waals surface area contributed by atoms with Gasteiger partial charge in [-0.2, -0.15) is 5.01 Å². The molecule has 0 fully saturated rings. The van der Waals surface area contributed by atoms with E-state index in [0.29, 0.717) is 24.9 Å². The molecule has 0 saturated carbocycles. The van der Waals surface area contributed by atoms with E-state index in [9.17, 15) is 13.6 Å². The van der Waals surface area contributed by atoms with Gasteiger partial charge >= 0.3 is 0 Å². The SMILES string of the molecule is COC(C)C(=O)N1N=C(c2cc(F)ccc2F)OC1(CCCN)c1cc(C)cc(C)c1. The number of methoxy groups -OCH3 is 1. The van der Waals surface area contributed by atoms with Gasteiger partial charge in [-0.1, -0.05) is 29.3 Å². The Morgan fingerprint density at radius 3 is 2.52 bits per heavy atom. The maximum absolute atomic E-state index is 14.5. The van der Waals surface area contributed by atoms with Gasteiger partial charge in [0.25, 0.3) is 5.91 Å². The van der Waals surface area contributed by atoms with Crippen LogP contribution in [0.4, 0.5) is 8.78 Å². The summed E-state index contributed by atoms with van der Waals surface area (Å²) in [7, 11) is 1.41. The second-order valence-electron chi connectivity index (χ2n) is 7.71. The number of amides is 1. The number of nitrogens with two attached hydrogens (primary N) is 1. The third-order valence-electron chi connectivity index (χ3n) is 5.26. The maximum atomic E-state index is 14.5. The van der Waals surface area contributed by atoms with E-state index in [2.05, 4.69) is 5.10 Å². The first-order valence-corrected chi connectivity index (χ1v) is 10.1. The molecule has 0 spiro atoms. The Morgan fingerprint density at radius 2 is 1.90 bits per heavy atom. The lowest BCUT2D eigenvalue weighted by Gasteiger charge is -2.36. The van der Waals surface area contributed by atoms with E-state index in [4.69, 9.17) is 15.2 Å². The third-order valence-corrected chi connectivity index (χ3v) is 5.26. The van der Waals surface area contributed by atoms with Crippen LogP contribution in [0.3, 0.4) is 0 Å². The summed E-state index contributed by atoms with van der Waals surface area (Å²) in [4.78, 5) is 13.2. The second kappa shape index (κ2) is 9.11. The van der Waals surface area contributed by atoms with Gasteiger partial charge in [-0.05, 0) is 51.9 Å². The van der Waals surface area contributed by atoms with Crippen molar-refractivity contribution < 1.29 is 23.0 Å². The summed E-state index contributed by atoms with van der Waals surface area (Å²) in [5.41, 5.74) is 6.83. The van der Waals surface area contributed by atoms with E-state index in [1.54, 1.807) is 6.92 Å². The highest BCUT2D eigenvalue weighted by Gasteiger charge is 2.51. The normalized spacial score (nSPS) is 19.2. The second-order valence-corrected chi connectivity index (χ2v) is 7.71. The average Bonchev–Trinajstić information content (AvgIpc) is 3.12. The van der Waals surface area contributed by atoms with Gasteiger partial charge in [0.15, 0.2) is 0 Å². The lowest BCUT2D eigenvalue weighted by molar-refractivity contribution is -0.162. The predicted molar refractivity (Wildman–Crippen MR) is 113 cm³/mol. The number of halogens is 2. The summed E-state index contributed by atoms with van der Waals surface area (Å²) in [6.45, 7) is 5.80. The Morgan fingerprint density at radius 1 is 1.23 bits per heavy atom. The van der Waals surface area contributed by atoms with Crippen molar-refractivity contribution in [1.82, 2.24) is 5.01 Å². The number of benzene rings is 2. The van der Waals surface area contributed by atoms with Gasteiger partial charge < -0.3 is 15.2 Å². The van der Waals surface area contributed by atoms with Crippen LogP contribution in [-0.4, -0.2) is 36.6 Å². The molecule has 166 valence electrons. The molecule has 3 rings (SSSR count). The van der Waals surface area contributed by atoms with Crippen LogP contribution < -0.4 is 5.73 Å². The summed E-state index contributed by atoms with van der Waals surface area (Å²) in [6.07, 6.45) is -0.0161. The fraction of sp³-hybridized carbons (Fsp3) is 0.391. The number of hydrazone groups is 1. The number of hydrogen-bond donors (Lipinski definition) is 1. The molecule has 31 heavy (non-hydrogen) atoms. The van der Waals surface area contributed by atoms with Gasteiger partial charge in [-0.15, -0.1) is 5.10 Å². The highest BCUT2D eigenvalue weighted by atomic mass is 19.1. The highest BCUT2D eigenvalue weighted by molar-refractivity contribution is 5.97. The van der Waals surface area contributed by atoms with Gasteiger partial charge in [-0.25, -0.2) is 8.78 Å². The zero-order chi connectivity index (χ0) is 22.8. The van der Waals surface area contributed by atoms with E-state index in [0.717, 1.165) is 29.3 Å². The Hall–Kier alpha value is -2.84. The van der Waals surface area contributed by atoms with Crippen molar-refractivity contribution >= 4 is 11.8 Å². The first-order chi connectivity index (χ1) is 14.7. The molecule has 1 heterocycles. The molecule has 0 radical (unpaired) electrons. The van der Waals surface area contributed by atoms with Crippen LogP contribution in [0.5, 0.6) is 0 Å². The van der Waals surface area contributed by atoms with Crippen LogP contribution in [0, 0.1) is 25.5 Å². The highest BCUT2D eigenvalue weighted by Crippen LogP contribution is 2.42. The van der Waals surface area contributed by atoms with Gasteiger partial charge in [0.2, 0.25) is 11.6 Å². The van der Waals surface area contributed by atoms with E-state index < -0.39 is 29.4 Å². The monoisotopic (exact) mass is 431 g/mol. The van der Waals surface area contributed by atoms with Crippen LogP contribution in [0.25, 0.3) is 0 Å². The number of nitrogens with zero attached hydrogens (tertiary/aromatic N) is 2. The molecule has 2 atom stereocenters.